The zero-order chi connectivity index (χ0) is 24.9. The Bertz CT molecular complexity index is 1170. The highest BCUT2D eigenvalue weighted by Crippen LogP contribution is 2.35. The Balaban J connectivity index is 2.03. The number of carbonyl (C=O) groups excluding carboxylic acids is 2. The highest BCUT2D eigenvalue weighted by Gasteiger charge is 2.22. The number of fused-ring (bicyclic) bond motifs is 1. The monoisotopic (exact) mass is 466 g/mol. The average Bonchev–Trinajstić information content (AvgIpc) is 2.76. The molecule has 0 aromatic heterocycles. The summed E-state index contributed by atoms with van der Waals surface area (Å²) in [4.78, 5) is 26.5. The third kappa shape index (κ3) is 6.47. The van der Waals surface area contributed by atoms with Crippen LogP contribution in [0.1, 0.15) is 39.7 Å². The molecule has 0 aliphatic heterocycles. The van der Waals surface area contributed by atoms with Crippen LogP contribution in [0.2, 0.25) is 0 Å². The summed E-state index contributed by atoms with van der Waals surface area (Å²) in [5, 5.41) is 4.53. The van der Waals surface area contributed by atoms with Gasteiger partial charge in [0.1, 0.15) is 11.4 Å². The number of hydrogen-bond donors (Lipinski definition) is 1. The van der Waals surface area contributed by atoms with Crippen LogP contribution in [0.3, 0.4) is 0 Å². The number of nitrogens with one attached hydrogen (secondary N) is 1. The normalized spacial score (nSPS) is 12.2. The Morgan fingerprint density at radius 2 is 1.74 bits per heavy atom. The molecule has 3 aromatic rings. The predicted molar refractivity (Wildman–Crippen MR) is 132 cm³/mol. The molecule has 0 fully saturated rings. The van der Waals surface area contributed by atoms with Crippen molar-refractivity contribution in [2.24, 2.45) is 0 Å². The highest BCUT2D eigenvalue weighted by molar-refractivity contribution is 6.05. The van der Waals surface area contributed by atoms with Crippen molar-refractivity contribution in [1.82, 2.24) is 0 Å². The summed E-state index contributed by atoms with van der Waals surface area (Å²) in [6, 6.07) is 17.5. The summed E-state index contributed by atoms with van der Waals surface area (Å²) in [6.45, 7) is 7.74. The molecule has 0 bridgehead atoms. The molecule has 34 heavy (non-hydrogen) atoms. The Labute approximate surface area is 199 Å². The van der Waals surface area contributed by atoms with E-state index >= 15 is 0 Å². The summed E-state index contributed by atoms with van der Waals surface area (Å²) < 4.78 is 24.2. The number of rotatable bonds is 7. The van der Waals surface area contributed by atoms with Crippen LogP contribution < -0.4 is 10.2 Å². The Morgan fingerprint density at radius 3 is 2.38 bits per heavy atom. The molecule has 3 aromatic carbocycles. The zero-order valence-corrected chi connectivity index (χ0v) is 20.2. The van der Waals surface area contributed by atoms with E-state index in [9.17, 15) is 14.0 Å². The first kappa shape index (κ1) is 25.0. The molecule has 1 amide bonds. The van der Waals surface area contributed by atoms with E-state index in [2.05, 4.69) is 5.32 Å². The molecule has 1 atom stereocenters. The highest BCUT2D eigenvalue weighted by atomic mass is 19.1. The fourth-order valence-corrected chi connectivity index (χ4v) is 3.80. The smallest absolute Gasteiger partial charge is 0.412 e. The number of carbonyl (C=O) groups is 2. The third-order valence-corrected chi connectivity index (χ3v) is 5.31. The van der Waals surface area contributed by atoms with Gasteiger partial charge in [0.05, 0.1) is 19.2 Å². The zero-order valence-electron chi connectivity index (χ0n) is 20.2. The number of anilines is 2. The molecule has 0 heterocycles. The molecule has 0 spiro atoms. The molecule has 1 N–H and O–H groups in total. The molecule has 0 aliphatic rings. The molecular weight excluding hydrogens is 435 g/mol. The molecule has 6 nitrogen and oxygen atoms in total. The third-order valence-electron chi connectivity index (χ3n) is 5.31. The topological polar surface area (TPSA) is 67.9 Å². The van der Waals surface area contributed by atoms with E-state index in [0.29, 0.717) is 12.2 Å². The number of benzene rings is 3. The Morgan fingerprint density at radius 1 is 1.03 bits per heavy atom. The number of hydrogen-bond acceptors (Lipinski definition) is 5. The fourth-order valence-electron chi connectivity index (χ4n) is 3.80. The van der Waals surface area contributed by atoms with Crippen molar-refractivity contribution in [3.63, 3.8) is 0 Å². The van der Waals surface area contributed by atoms with Crippen LogP contribution in [0.5, 0.6) is 0 Å². The van der Waals surface area contributed by atoms with Gasteiger partial charge in [0.25, 0.3) is 0 Å². The van der Waals surface area contributed by atoms with Crippen LogP contribution in [0, 0.1) is 5.82 Å². The van der Waals surface area contributed by atoms with Crippen molar-refractivity contribution in [1.29, 1.82) is 0 Å². The van der Waals surface area contributed by atoms with E-state index in [4.69, 9.17) is 9.47 Å². The number of nitrogens with zero attached hydrogens (tertiary/aromatic N) is 1. The van der Waals surface area contributed by atoms with Crippen molar-refractivity contribution in [3.8, 4) is 0 Å². The molecule has 7 heteroatoms. The first-order valence-corrected chi connectivity index (χ1v) is 11.2. The van der Waals surface area contributed by atoms with Crippen molar-refractivity contribution in [3.05, 3.63) is 72.0 Å². The minimum Gasteiger partial charge on any atom is -0.469 e. The first-order valence-electron chi connectivity index (χ1n) is 11.2. The Kier molecular flexibility index (Phi) is 7.76. The number of halogens is 1. The van der Waals surface area contributed by atoms with Crippen LogP contribution in [0.25, 0.3) is 10.8 Å². The van der Waals surface area contributed by atoms with Gasteiger partial charge in [-0.15, -0.1) is 0 Å². The Hall–Kier alpha value is -3.61. The second-order valence-corrected chi connectivity index (χ2v) is 9.19. The molecule has 0 saturated carbocycles. The van der Waals surface area contributed by atoms with Crippen LogP contribution in [-0.4, -0.2) is 30.8 Å². The van der Waals surface area contributed by atoms with E-state index in [1.54, 1.807) is 26.8 Å². The number of ether oxygens (including phenoxy) is 2. The van der Waals surface area contributed by atoms with Crippen LogP contribution in [-0.2, 0) is 20.8 Å². The fraction of sp³-hybridized carbons (Fsp3) is 0.333. The standard InChI is InChI=1S/C27H31FN2O4/c1-18(15-25(31)33-5)30(17-19-9-8-10-20(28)16-19)24-14-13-23(21-11-6-7-12-22(21)24)29-26(32)34-27(2,3)4/h6-14,16,18H,15,17H2,1-5H3,(H,29,32). The summed E-state index contributed by atoms with van der Waals surface area (Å²) in [5.74, 6) is -0.649. The van der Waals surface area contributed by atoms with Crippen LogP contribution >= 0.6 is 0 Å². The van der Waals surface area contributed by atoms with Crippen molar-refractivity contribution >= 4 is 34.2 Å². The van der Waals surface area contributed by atoms with Crippen LogP contribution in [0.15, 0.2) is 60.7 Å². The van der Waals surface area contributed by atoms with Gasteiger partial charge in [0.15, 0.2) is 0 Å². The van der Waals surface area contributed by atoms with Gasteiger partial charge in [-0.05, 0) is 57.5 Å². The molecule has 0 radical (unpaired) electrons. The molecule has 3 rings (SSSR count). The van der Waals surface area contributed by atoms with Crippen LogP contribution in [0.4, 0.5) is 20.6 Å². The van der Waals surface area contributed by atoms with Crippen molar-refractivity contribution in [2.75, 3.05) is 17.3 Å². The van der Waals surface area contributed by atoms with Gasteiger partial charge < -0.3 is 14.4 Å². The van der Waals surface area contributed by atoms with E-state index < -0.39 is 11.7 Å². The molecule has 0 saturated heterocycles. The average molecular weight is 467 g/mol. The van der Waals surface area contributed by atoms with Crippen molar-refractivity contribution in [2.45, 2.75) is 52.3 Å². The maximum Gasteiger partial charge on any atom is 0.412 e. The summed E-state index contributed by atoms with van der Waals surface area (Å²) in [7, 11) is 1.36. The minimum absolute atomic E-state index is 0.165. The van der Waals surface area contributed by atoms with Crippen molar-refractivity contribution < 1.29 is 23.5 Å². The van der Waals surface area contributed by atoms with Gasteiger partial charge in [0.2, 0.25) is 0 Å². The lowest BCUT2D eigenvalue weighted by Gasteiger charge is -2.32. The summed E-state index contributed by atoms with van der Waals surface area (Å²) in [5.41, 5.74) is 1.62. The maximum absolute atomic E-state index is 13.9. The predicted octanol–water partition coefficient (Wildman–Crippen LogP) is 6.28. The minimum atomic E-state index is -0.620. The summed E-state index contributed by atoms with van der Waals surface area (Å²) in [6.07, 6.45) is -0.376. The lowest BCUT2D eigenvalue weighted by atomic mass is 10.0. The first-order chi connectivity index (χ1) is 16.1. The van der Waals surface area contributed by atoms with E-state index in [0.717, 1.165) is 22.0 Å². The van der Waals surface area contributed by atoms with Gasteiger partial charge in [-0.2, -0.15) is 0 Å². The quantitative estimate of drug-likeness (QED) is 0.415. The summed E-state index contributed by atoms with van der Waals surface area (Å²) >= 11 is 0. The van der Waals surface area contributed by atoms with E-state index in [1.165, 1.54) is 19.2 Å². The molecule has 1 unspecified atom stereocenters. The second-order valence-electron chi connectivity index (χ2n) is 9.19. The SMILES string of the molecule is COC(=O)CC(C)N(Cc1cccc(F)c1)c1ccc(NC(=O)OC(C)(C)C)c2ccccc12. The largest absolute Gasteiger partial charge is 0.469 e. The number of methoxy groups -OCH3 is 1. The van der Waals surface area contributed by atoms with E-state index in [1.807, 2.05) is 54.3 Å². The van der Waals surface area contributed by atoms with Gasteiger partial charge >= 0.3 is 12.1 Å². The molecule has 180 valence electrons. The lowest BCUT2D eigenvalue weighted by Crippen LogP contribution is -2.35. The number of amides is 1. The number of esters is 1. The van der Waals surface area contributed by atoms with Gasteiger partial charge in [-0.3, -0.25) is 10.1 Å². The van der Waals surface area contributed by atoms with Gasteiger partial charge in [-0.1, -0.05) is 36.4 Å². The molecular formula is C27H31FN2O4. The second kappa shape index (κ2) is 10.5. The maximum atomic E-state index is 13.9. The van der Waals surface area contributed by atoms with E-state index in [-0.39, 0.29) is 24.2 Å². The van der Waals surface area contributed by atoms with Gasteiger partial charge in [-0.25, -0.2) is 9.18 Å². The van der Waals surface area contributed by atoms with Gasteiger partial charge in [0, 0.05) is 29.0 Å². The molecule has 0 aliphatic carbocycles. The lowest BCUT2D eigenvalue weighted by molar-refractivity contribution is -0.140.